The van der Waals surface area contributed by atoms with Crippen LogP contribution in [0.4, 0.5) is 0 Å². The van der Waals surface area contributed by atoms with Crippen LogP contribution in [-0.4, -0.2) is 11.1 Å². The smallest absolute Gasteiger partial charge is 0.162 e. The Kier molecular flexibility index (Phi) is 3.35. The molecular formula is C9H12ClNO. The summed E-state index contributed by atoms with van der Waals surface area (Å²) in [5.41, 5.74) is 1.98. The molecule has 0 amide bonds. The largest absolute Gasteiger partial charge is 0.476 e. The molecule has 0 unspecified atom stereocenters. The van der Waals surface area contributed by atoms with Crippen LogP contribution in [0.1, 0.15) is 18.3 Å². The van der Waals surface area contributed by atoms with Crippen LogP contribution in [0, 0.1) is 6.92 Å². The Balaban J connectivity index is 2.94. The van der Waals surface area contributed by atoms with Crippen molar-refractivity contribution in [2.24, 2.45) is 0 Å². The minimum Gasteiger partial charge on any atom is -0.476 e. The van der Waals surface area contributed by atoms with E-state index < -0.39 is 0 Å². The molecule has 1 rings (SSSR count). The molecule has 1 aromatic rings. The number of nitrogens with zero attached hydrogens (tertiary/aromatic N) is 1. The van der Waals surface area contributed by atoms with Crippen LogP contribution in [0.15, 0.2) is 12.1 Å². The summed E-state index contributed by atoms with van der Waals surface area (Å²) >= 11 is 5.45. The third-order valence-corrected chi connectivity index (χ3v) is 1.73. The zero-order chi connectivity index (χ0) is 8.97. The van der Waals surface area contributed by atoms with Crippen molar-refractivity contribution in [3.63, 3.8) is 0 Å². The van der Waals surface area contributed by atoms with Gasteiger partial charge in [-0.25, -0.2) is 0 Å². The van der Waals surface area contributed by atoms with Crippen LogP contribution in [0.3, 0.4) is 0 Å². The lowest BCUT2D eigenvalue weighted by Crippen LogP contribution is -1.97. The van der Waals surface area contributed by atoms with Crippen LogP contribution < -0.4 is 4.74 Å². The van der Waals surface area contributed by atoms with Gasteiger partial charge in [-0.15, -0.1) is 0 Å². The molecule has 0 fully saturated rings. The molecule has 0 radical (unpaired) electrons. The highest BCUT2D eigenvalue weighted by atomic mass is 35.5. The van der Waals surface area contributed by atoms with E-state index in [0.29, 0.717) is 0 Å². The van der Waals surface area contributed by atoms with Crippen molar-refractivity contribution in [1.29, 1.82) is 0 Å². The fraction of sp³-hybridized carbons (Fsp3) is 0.444. The average molecular weight is 186 g/mol. The second-order valence-electron chi connectivity index (χ2n) is 2.50. The molecule has 0 aliphatic carbocycles. The van der Waals surface area contributed by atoms with Crippen molar-refractivity contribution >= 4 is 11.6 Å². The molecule has 0 bridgehead atoms. The molecule has 0 aliphatic heterocycles. The van der Waals surface area contributed by atoms with Gasteiger partial charge in [-0.3, -0.25) is 4.98 Å². The highest BCUT2D eigenvalue weighted by Crippen LogP contribution is 2.17. The Morgan fingerprint density at radius 1 is 1.50 bits per heavy atom. The van der Waals surface area contributed by atoms with Crippen molar-refractivity contribution in [1.82, 2.24) is 4.98 Å². The Morgan fingerprint density at radius 3 is 2.83 bits per heavy atom. The fourth-order valence-corrected chi connectivity index (χ4v) is 1.16. The van der Waals surface area contributed by atoms with E-state index in [0.717, 1.165) is 23.6 Å². The minimum atomic E-state index is 0.178. The second-order valence-corrected chi connectivity index (χ2v) is 2.72. The molecule has 1 aromatic heterocycles. The van der Waals surface area contributed by atoms with Gasteiger partial charge in [0.15, 0.2) is 6.07 Å². The van der Waals surface area contributed by atoms with Gasteiger partial charge in [0.1, 0.15) is 5.75 Å². The van der Waals surface area contributed by atoms with Gasteiger partial charge in [0.25, 0.3) is 0 Å². The van der Waals surface area contributed by atoms with Crippen LogP contribution in [0.5, 0.6) is 5.75 Å². The third kappa shape index (κ3) is 2.11. The van der Waals surface area contributed by atoms with Crippen molar-refractivity contribution in [2.45, 2.75) is 20.3 Å². The van der Waals surface area contributed by atoms with E-state index in [-0.39, 0.29) is 6.07 Å². The van der Waals surface area contributed by atoms with E-state index in [1.807, 2.05) is 26.0 Å². The van der Waals surface area contributed by atoms with Crippen molar-refractivity contribution in [3.8, 4) is 5.75 Å². The monoisotopic (exact) mass is 185 g/mol. The minimum absolute atomic E-state index is 0.178. The molecule has 0 saturated heterocycles. The van der Waals surface area contributed by atoms with Crippen LogP contribution in [-0.2, 0) is 6.42 Å². The Labute approximate surface area is 77.5 Å². The molecule has 66 valence electrons. The number of halogens is 1. The normalized spacial score (nSPS) is 9.92. The number of aromatic nitrogens is 1. The number of hydrogen-bond acceptors (Lipinski definition) is 2. The summed E-state index contributed by atoms with van der Waals surface area (Å²) in [5, 5.41) is 0. The Morgan fingerprint density at radius 2 is 2.25 bits per heavy atom. The quantitative estimate of drug-likeness (QED) is 0.676. The average Bonchev–Trinajstić information content (AvgIpc) is 2.08. The molecule has 0 N–H and O–H groups in total. The zero-order valence-corrected chi connectivity index (χ0v) is 8.06. The fourth-order valence-electron chi connectivity index (χ4n) is 1.04. The predicted molar refractivity (Wildman–Crippen MR) is 49.7 cm³/mol. The lowest BCUT2D eigenvalue weighted by molar-refractivity contribution is 0.381. The Bertz CT molecular complexity index is 263. The standard InChI is InChI=1S/C9H12ClNO/c1-3-8-9(12-6-10)5-4-7(2)11-8/h4-5H,3,6H2,1-2H3. The van der Waals surface area contributed by atoms with E-state index in [1.165, 1.54) is 0 Å². The van der Waals surface area contributed by atoms with E-state index in [4.69, 9.17) is 16.3 Å². The number of rotatable bonds is 3. The number of hydrogen-bond donors (Lipinski definition) is 0. The number of alkyl halides is 1. The van der Waals surface area contributed by atoms with Crippen LogP contribution in [0.2, 0.25) is 0 Å². The number of aryl methyl sites for hydroxylation is 2. The molecule has 0 aromatic carbocycles. The Hall–Kier alpha value is -0.760. The maximum Gasteiger partial charge on any atom is 0.162 e. The van der Waals surface area contributed by atoms with Gasteiger partial charge in [-0.05, 0) is 25.5 Å². The molecule has 0 spiro atoms. The van der Waals surface area contributed by atoms with Gasteiger partial charge in [0.05, 0.1) is 5.69 Å². The van der Waals surface area contributed by atoms with Crippen LogP contribution >= 0.6 is 11.6 Å². The first-order chi connectivity index (χ1) is 5.77. The summed E-state index contributed by atoms with van der Waals surface area (Å²) in [4.78, 5) is 4.33. The zero-order valence-electron chi connectivity index (χ0n) is 7.30. The number of ether oxygens (including phenoxy) is 1. The summed E-state index contributed by atoms with van der Waals surface area (Å²) in [5.74, 6) is 0.790. The molecule has 2 nitrogen and oxygen atoms in total. The van der Waals surface area contributed by atoms with Gasteiger partial charge < -0.3 is 4.74 Å². The topological polar surface area (TPSA) is 22.1 Å². The van der Waals surface area contributed by atoms with Crippen molar-refractivity contribution < 1.29 is 4.74 Å². The van der Waals surface area contributed by atoms with Crippen molar-refractivity contribution in [3.05, 3.63) is 23.5 Å². The summed E-state index contributed by atoms with van der Waals surface area (Å²) < 4.78 is 5.19. The molecule has 3 heteroatoms. The summed E-state index contributed by atoms with van der Waals surface area (Å²) in [7, 11) is 0. The van der Waals surface area contributed by atoms with Crippen LogP contribution in [0.25, 0.3) is 0 Å². The summed E-state index contributed by atoms with van der Waals surface area (Å²) in [6.45, 7) is 4.01. The number of pyridine rings is 1. The van der Waals surface area contributed by atoms with Gasteiger partial charge in [0, 0.05) is 5.69 Å². The van der Waals surface area contributed by atoms with Gasteiger partial charge in [0.2, 0.25) is 0 Å². The highest BCUT2D eigenvalue weighted by molar-refractivity contribution is 6.17. The van der Waals surface area contributed by atoms with Gasteiger partial charge in [-0.2, -0.15) is 0 Å². The van der Waals surface area contributed by atoms with E-state index in [9.17, 15) is 0 Å². The first-order valence-electron chi connectivity index (χ1n) is 3.93. The molecule has 0 saturated carbocycles. The first-order valence-corrected chi connectivity index (χ1v) is 4.46. The molecule has 0 aliphatic rings. The van der Waals surface area contributed by atoms with Crippen molar-refractivity contribution in [2.75, 3.05) is 6.07 Å². The second kappa shape index (κ2) is 4.31. The lowest BCUT2D eigenvalue weighted by Gasteiger charge is -2.06. The summed E-state index contributed by atoms with van der Waals surface area (Å²) in [6.07, 6.45) is 0.869. The maximum atomic E-state index is 5.45. The van der Waals surface area contributed by atoms with Gasteiger partial charge >= 0.3 is 0 Å². The van der Waals surface area contributed by atoms with E-state index >= 15 is 0 Å². The predicted octanol–water partition coefficient (Wildman–Crippen LogP) is 2.53. The molecule has 1 heterocycles. The van der Waals surface area contributed by atoms with E-state index in [2.05, 4.69) is 4.98 Å². The third-order valence-electron chi connectivity index (χ3n) is 1.62. The molecule has 0 atom stereocenters. The van der Waals surface area contributed by atoms with Gasteiger partial charge in [-0.1, -0.05) is 18.5 Å². The maximum absolute atomic E-state index is 5.45. The van der Waals surface area contributed by atoms with E-state index in [1.54, 1.807) is 0 Å². The highest BCUT2D eigenvalue weighted by Gasteiger charge is 2.02. The first kappa shape index (κ1) is 9.33. The SMILES string of the molecule is CCc1nc(C)ccc1OCCl. The lowest BCUT2D eigenvalue weighted by atomic mass is 10.2. The molecular weight excluding hydrogens is 174 g/mol. The summed E-state index contributed by atoms with van der Waals surface area (Å²) in [6, 6.07) is 4.00. The molecule has 12 heavy (non-hydrogen) atoms.